The van der Waals surface area contributed by atoms with Gasteiger partial charge in [-0.2, -0.15) is 4.98 Å². The molecule has 4 rings (SSSR count). The summed E-state index contributed by atoms with van der Waals surface area (Å²) in [4.78, 5) is 23.8. The monoisotopic (exact) mass is 338 g/mol. The molecular weight excluding hydrogens is 328 g/mol. The number of para-hydroxylation sites is 1. The summed E-state index contributed by atoms with van der Waals surface area (Å²) in [5.74, 6) is 0.853. The first-order valence-electron chi connectivity index (χ1n) is 7.17. The normalized spacial score (nSPS) is 10.9. The predicted octanol–water partition coefficient (Wildman–Crippen LogP) is 3.98. The Balaban J connectivity index is 1.84. The number of fused-ring (bicyclic) bond motifs is 1. The third-order valence-electron chi connectivity index (χ3n) is 3.52. The summed E-state index contributed by atoms with van der Waals surface area (Å²) >= 11 is 6.11. The van der Waals surface area contributed by atoms with Crippen LogP contribution in [0.5, 0.6) is 0 Å². The second-order valence-electron chi connectivity index (χ2n) is 5.05. The molecule has 0 amide bonds. The van der Waals surface area contributed by atoms with Crippen LogP contribution in [0.15, 0.2) is 64.1 Å². The summed E-state index contributed by atoms with van der Waals surface area (Å²) in [7, 11) is 0. The van der Waals surface area contributed by atoms with Crippen molar-refractivity contribution in [3.8, 4) is 11.3 Å². The van der Waals surface area contributed by atoms with Gasteiger partial charge in [0.05, 0.1) is 22.4 Å². The van der Waals surface area contributed by atoms with E-state index in [1.807, 2.05) is 12.1 Å². The molecule has 0 atom stereocenters. The summed E-state index contributed by atoms with van der Waals surface area (Å²) < 4.78 is 5.38. The number of anilines is 2. The Morgan fingerprint density at radius 1 is 1.12 bits per heavy atom. The minimum atomic E-state index is -0.311. The quantitative estimate of drug-likeness (QED) is 0.590. The molecule has 0 saturated heterocycles. The lowest BCUT2D eigenvalue weighted by Gasteiger charge is -2.08. The van der Waals surface area contributed by atoms with Crippen LogP contribution in [0.2, 0.25) is 5.02 Å². The van der Waals surface area contributed by atoms with Gasteiger partial charge in [-0.25, -0.2) is 4.98 Å². The van der Waals surface area contributed by atoms with Crippen molar-refractivity contribution in [2.45, 2.75) is 0 Å². The lowest BCUT2D eigenvalue weighted by atomic mass is 10.1. The Bertz CT molecular complexity index is 1070. The molecule has 0 aliphatic heterocycles. The predicted molar refractivity (Wildman–Crippen MR) is 92.6 cm³/mol. The van der Waals surface area contributed by atoms with Gasteiger partial charge in [-0.15, -0.1) is 0 Å². The van der Waals surface area contributed by atoms with E-state index in [0.29, 0.717) is 33.1 Å². The van der Waals surface area contributed by atoms with E-state index in [9.17, 15) is 4.79 Å². The van der Waals surface area contributed by atoms with Crippen molar-refractivity contribution in [3.63, 3.8) is 0 Å². The number of furan rings is 1. The number of benzene rings is 1. The molecule has 0 saturated carbocycles. The Morgan fingerprint density at radius 3 is 2.79 bits per heavy atom. The fourth-order valence-electron chi connectivity index (χ4n) is 2.45. The topological polar surface area (TPSA) is 83.8 Å². The van der Waals surface area contributed by atoms with Crippen LogP contribution in [-0.4, -0.2) is 15.0 Å². The van der Waals surface area contributed by atoms with Gasteiger partial charge >= 0.3 is 0 Å². The molecule has 0 fully saturated rings. The number of H-pyrrole nitrogens is 1. The van der Waals surface area contributed by atoms with Crippen molar-refractivity contribution in [2.24, 2.45) is 0 Å². The Morgan fingerprint density at radius 2 is 2.00 bits per heavy atom. The molecule has 6 nitrogen and oxygen atoms in total. The van der Waals surface area contributed by atoms with Crippen LogP contribution in [0.3, 0.4) is 0 Å². The zero-order valence-corrected chi connectivity index (χ0v) is 13.0. The average molecular weight is 339 g/mol. The van der Waals surface area contributed by atoms with Crippen LogP contribution >= 0.6 is 11.6 Å². The maximum atomic E-state index is 12.5. The Hall–Kier alpha value is -3.12. The minimum Gasteiger partial charge on any atom is -0.464 e. The molecule has 0 unspecified atom stereocenters. The van der Waals surface area contributed by atoms with E-state index in [4.69, 9.17) is 16.0 Å². The van der Waals surface area contributed by atoms with Crippen LogP contribution in [0.4, 0.5) is 11.6 Å². The van der Waals surface area contributed by atoms with Gasteiger partial charge in [-0.1, -0.05) is 23.7 Å². The fourth-order valence-corrected chi connectivity index (χ4v) is 2.63. The Kier molecular flexibility index (Phi) is 3.51. The number of halogens is 1. The van der Waals surface area contributed by atoms with Gasteiger partial charge in [-0.3, -0.25) is 9.78 Å². The van der Waals surface area contributed by atoms with E-state index in [2.05, 4.69) is 20.3 Å². The van der Waals surface area contributed by atoms with Crippen LogP contribution in [0, 0.1) is 0 Å². The van der Waals surface area contributed by atoms with Gasteiger partial charge in [0, 0.05) is 11.8 Å². The van der Waals surface area contributed by atoms with E-state index < -0.39 is 0 Å². The maximum Gasteiger partial charge on any atom is 0.262 e. The maximum absolute atomic E-state index is 12.5. The fraction of sp³-hybridized carbons (Fsp3) is 0. The number of nitrogens with zero attached hydrogens (tertiary/aromatic N) is 2. The molecule has 0 aliphatic rings. The van der Waals surface area contributed by atoms with E-state index in [-0.39, 0.29) is 11.5 Å². The van der Waals surface area contributed by atoms with E-state index in [1.54, 1.807) is 42.8 Å². The molecule has 7 heteroatoms. The number of hydrogen-bond acceptors (Lipinski definition) is 5. The van der Waals surface area contributed by atoms with Crippen molar-refractivity contribution in [2.75, 3.05) is 5.32 Å². The van der Waals surface area contributed by atoms with Crippen molar-refractivity contribution in [1.82, 2.24) is 15.0 Å². The lowest BCUT2D eigenvalue weighted by Crippen LogP contribution is -2.13. The van der Waals surface area contributed by atoms with Crippen LogP contribution in [-0.2, 0) is 0 Å². The summed E-state index contributed by atoms with van der Waals surface area (Å²) in [5, 5.41) is 3.90. The van der Waals surface area contributed by atoms with Gasteiger partial charge in [0.15, 0.2) is 5.65 Å². The van der Waals surface area contributed by atoms with Gasteiger partial charge in [0.1, 0.15) is 5.76 Å². The van der Waals surface area contributed by atoms with E-state index in [0.717, 1.165) is 0 Å². The second kappa shape index (κ2) is 5.82. The molecule has 1 aromatic carbocycles. The number of pyridine rings is 1. The van der Waals surface area contributed by atoms with Crippen molar-refractivity contribution in [3.05, 3.63) is 70.3 Å². The summed E-state index contributed by atoms with van der Waals surface area (Å²) in [5.41, 5.74) is 1.29. The second-order valence-corrected chi connectivity index (χ2v) is 5.46. The molecule has 4 aromatic rings. The number of rotatable bonds is 3. The molecule has 0 spiro atoms. The smallest absolute Gasteiger partial charge is 0.262 e. The van der Waals surface area contributed by atoms with Gasteiger partial charge in [0.25, 0.3) is 5.56 Å². The van der Waals surface area contributed by atoms with Crippen LogP contribution in [0.25, 0.3) is 22.4 Å². The molecule has 0 radical (unpaired) electrons. The molecule has 0 aliphatic carbocycles. The van der Waals surface area contributed by atoms with Gasteiger partial charge < -0.3 is 9.73 Å². The standard InChI is InChI=1S/C17H11ClN4O2/c18-11-4-1-2-5-12(11)20-17-21-15-14(16(23)22-17)10(7-8-19-15)13-6-3-9-24-13/h1-9H,(H2,19,20,21,22,23). The van der Waals surface area contributed by atoms with Crippen molar-refractivity contribution >= 4 is 34.3 Å². The molecule has 24 heavy (non-hydrogen) atoms. The molecule has 3 heterocycles. The highest BCUT2D eigenvalue weighted by molar-refractivity contribution is 6.33. The number of hydrogen-bond donors (Lipinski definition) is 2. The highest BCUT2D eigenvalue weighted by Crippen LogP contribution is 2.26. The highest BCUT2D eigenvalue weighted by atomic mass is 35.5. The SMILES string of the molecule is O=c1[nH]c(Nc2ccccc2Cl)nc2nccc(-c3ccco3)c12. The van der Waals surface area contributed by atoms with Crippen LogP contribution in [0.1, 0.15) is 0 Å². The molecule has 118 valence electrons. The van der Waals surface area contributed by atoms with E-state index in [1.165, 1.54) is 0 Å². The number of nitrogens with one attached hydrogen (secondary N) is 2. The number of aromatic nitrogens is 3. The Labute approximate surface area is 141 Å². The highest BCUT2D eigenvalue weighted by Gasteiger charge is 2.13. The molecule has 2 N–H and O–H groups in total. The first-order chi connectivity index (χ1) is 11.7. The number of aromatic amines is 1. The average Bonchev–Trinajstić information content (AvgIpc) is 3.11. The first kappa shape index (κ1) is 14.5. The summed E-state index contributed by atoms with van der Waals surface area (Å²) in [6.07, 6.45) is 3.14. The summed E-state index contributed by atoms with van der Waals surface area (Å²) in [6.45, 7) is 0. The zero-order chi connectivity index (χ0) is 16.5. The largest absolute Gasteiger partial charge is 0.464 e. The minimum absolute atomic E-state index is 0.268. The van der Waals surface area contributed by atoms with Crippen molar-refractivity contribution in [1.29, 1.82) is 0 Å². The molecule has 3 aromatic heterocycles. The first-order valence-corrected chi connectivity index (χ1v) is 7.54. The van der Waals surface area contributed by atoms with Crippen molar-refractivity contribution < 1.29 is 4.42 Å². The third kappa shape index (κ3) is 2.53. The third-order valence-corrected chi connectivity index (χ3v) is 3.85. The molecule has 0 bridgehead atoms. The lowest BCUT2D eigenvalue weighted by molar-refractivity contribution is 0.583. The summed E-state index contributed by atoms with van der Waals surface area (Å²) in [6, 6.07) is 12.5. The van der Waals surface area contributed by atoms with Gasteiger partial charge in [0.2, 0.25) is 5.95 Å². The van der Waals surface area contributed by atoms with Gasteiger partial charge in [-0.05, 0) is 30.3 Å². The van der Waals surface area contributed by atoms with Crippen LogP contribution < -0.4 is 10.9 Å². The molecular formula is C17H11ClN4O2. The van der Waals surface area contributed by atoms with E-state index >= 15 is 0 Å². The zero-order valence-electron chi connectivity index (χ0n) is 12.3.